The van der Waals surface area contributed by atoms with E-state index in [4.69, 9.17) is 9.47 Å². The number of nitrogens with zero attached hydrogens (tertiary/aromatic N) is 2. The second-order valence-corrected chi connectivity index (χ2v) is 7.34. The molecule has 1 aliphatic rings. The van der Waals surface area contributed by atoms with E-state index < -0.39 is 0 Å². The predicted octanol–water partition coefficient (Wildman–Crippen LogP) is 4.30. The van der Waals surface area contributed by atoms with Crippen LogP contribution in [0.1, 0.15) is 30.3 Å². The third-order valence-electron chi connectivity index (χ3n) is 5.37. The van der Waals surface area contributed by atoms with Gasteiger partial charge in [0, 0.05) is 24.9 Å². The molecule has 4 rings (SSSR count). The summed E-state index contributed by atoms with van der Waals surface area (Å²) in [6.07, 6.45) is 4.87. The smallest absolute Gasteiger partial charge is 0.162 e. The van der Waals surface area contributed by atoms with Gasteiger partial charge in [-0.3, -0.25) is 0 Å². The van der Waals surface area contributed by atoms with Crippen LogP contribution in [0.5, 0.6) is 0 Å². The quantitative estimate of drug-likeness (QED) is 0.577. The van der Waals surface area contributed by atoms with Gasteiger partial charge in [-0.2, -0.15) is 0 Å². The Morgan fingerprint density at radius 1 is 1.07 bits per heavy atom. The van der Waals surface area contributed by atoms with Crippen LogP contribution in [0.3, 0.4) is 0 Å². The van der Waals surface area contributed by atoms with Gasteiger partial charge in [0.1, 0.15) is 13.7 Å². The van der Waals surface area contributed by atoms with Gasteiger partial charge >= 0.3 is 0 Å². The zero-order valence-electron chi connectivity index (χ0n) is 18.2. The molecule has 0 saturated carbocycles. The van der Waals surface area contributed by atoms with Crippen LogP contribution in [0.2, 0.25) is 0 Å². The molecule has 1 aliphatic heterocycles. The molecule has 1 atom stereocenters. The van der Waals surface area contributed by atoms with Crippen molar-refractivity contribution < 1.29 is 9.47 Å². The van der Waals surface area contributed by atoms with E-state index in [0.717, 1.165) is 32.0 Å². The average Bonchev–Trinajstić information content (AvgIpc) is 3.47. The molecule has 0 radical (unpaired) electrons. The molecule has 156 valence electrons. The van der Waals surface area contributed by atoms with Crippen molar-refractivity contribution in [1.82, 2.24) is 9.55 Å². The fraction of sp³-hybridized carbons (Fsp3) is 0.320. The number of ether oxygens (including phenoxy) is 2. The zero-order valence-corrected chi connectivity index (χ0v) is 18.2. The molecule has 0 N–H and O–H groups in total. The molecule has 0 amide bonds. The molecule has 1 saturated heterocycles. The predicted molar refractivity (Wildman–Crippen MR) is 125 cm³/mol. The maximum absolute atomic E-state index is 5.54. The summed E-state index contributed by atoms with van der Waals surface area (Å²) in [5, 5.41) is 0. The third-order valence-corrected chi connectivity index (χ3v) is 5.37. The second kappa shape index (κ2) is 11.5. The van der Waals surface area contributed by atoms with Crippen LogP contribution in [-0.4, -0.2) is 36.9 Å². The molecule has 3 aromatic rings. The normalized spacial score (nSPS) is 14.6. The summed E-state index contributed by atoms with van der Waals surface area (Å²) in [7, 11) is 2.08. The van der Waals surface area contributed by atoms with Crippen molar-refractivity contribution in [2.24, 2.45) is 5.92 Å². The minimum Gasteiger partial charge on any atom is -0.350 e. The Morgan fingerprint density at radius 3 is 2.07 bits per heavy atom. The Hall–Kier alpha value is -2.63. The molecule has 0 aliphatic carbocycles. The first-order chi connectivity index (χ1) is 14.7. The average molecular weight is 402 g/mol. The molecule has 2 aromatic carbocycles. The SMILES string of the molecule is BC=C(c1ccccc1)c1ccccc1.CCC(Cn1ccnc1C)C1OCCO1. The van der Waals surface area contributed by atoms with Crippen molar-refractivity contribution in [3.05, 3.63) is 96.0 Å². The summed E-state index contributed by atoms with van der Waals surface area (Å²) in [5.74, 6) is 3.62. The Morgan fingerprint density at radius 2 is 1.63 bits per heavy atom. The minimum absolute atomic E-state index is 0.0307. The Kier molecular flexibility index (Phi) is 8.48. The molecule has 30 heavy (non-hydrogen) atoms. The van der Waals surface area contributed by atoms with Gasteiger partial charge in [-0.05, 0) is 30.0 Å². The molecule has 0 bridgehead atoms. The number of hydrogen-bond acceptors (Lipinski definition) is 3. The highest BCUT2D eigenvalue weighted by molar-refractivity contribution is 6.21. The fourth-order valence-corrected chi connectivity index (χ4v) is 3.64. The molecule has 2 heterocycles. The molecule has 1 aromatic heterocycles. The Bertz CT molecular complexity index is 862. The van der Waals surface area contributed by atoms with Crippen molar-refractivity contribution >= 4 is 13.4 Å². The standard InChI is InChI=1S/C14H13B.C11H18N2O2/c15-11-14(12-7-3-1-4-8-12)13-9-5-2-6-10-13;1-3-10(11-14-6-7-15-11)8-13-5-4-12-9(13)2/h1-11H,15H2;4-5,10-11H,3,6-8H2,1-2H3. The van der Waals surface area contributed by atoms with E-state index in [-0.39, 0.29) is 6.29 Å². The Labute approximate surface area is 181 Å². The summed E-state index contributed by atoms with van der Waals surface area (Å²) in [6.45, 7) is 6.56. The van der Waals surface area contributed by atoms with Crippen molar-refractivity contribution in [2.45, 2.75) is 33.1 Å². The van der Waals surface area contributed by atoms with Gasteiger partial charge in [-0.25, -0.2) is 4.98 Å². The lowest BCUT2D eigenvalue weighted by molar-refractivity contribution is -0.0885. The van der Waals surface area contributed by atoms with Crippen LogP contribution in [0, 0.1) is 12.8 Å². The van der Waals surface area contributed by atoms with E-state index in [0.29, 0.717) is 5.92 Å². The van der Waals surface area contributed by atoms with Gasteiger partial charge < -0.3 is 14.0 Å². The summed E-state index contributed by atoms with van der Waals surface area (Å²) in [6, 6.07) is 20.9. The summed E-state index contributed by atoms with van der Waals surface area (Å²) in [5.41, 5.74) is 3.83. The lowest BCUT2D eigenvalue weighted by Gasteiger charge is -2.21. The third kappa shape index (κ3) is 5.94. The topological polar surface area (TPSA) is 36.3 Å². The fourth-order valence-electron chi connectivity index (χ4n) is 3.64. The monoisotopic (exact) mass is 402 g/mol. The van der Waals surface area contributed by atoms with Gasteiger partial charge in [-0.15, -0.1) is 5.98 Å². The highest BCUT2D eigenvalue weighted by Gasteiger charge is 2.25. The maximum atomic E-state index is 5.54. The number of rotatable bonds is 6. The molecule has 4 nitrogen and oxygen atoms in total. The highest BCUT2D eigenvalue weighted by atomic mass is 16.7. The van der Waals surface area contributed by atoms with Gasteiger partial charge in [0.15, 0.2) is 6.29 Å². The van der Waals surface area contributed by atoms with Crippen LogP contribution in [0.15, 0.2) is 79.0 Å². The lowest BCUT2D eigenvalue weighted by atomic mass is 9.92. The highest BCUT2D eigenvalue weighted by Crippen LogP contribution is 2.22. The molecule has 1 unspecified atom stereocenters. The van der Waals surface area contributed by atoms with Crippen molar-refractivity contribution in [1.29, 1.82) is 0 Å². The van der Waals surface area contributed by atoms with Crippen LogP contribution in [0.4, 0.5) is 0 Å². The van der Waals surface area contributed by atoms with Gasteiger partial charge in [0.25, 0.3) is 0 Å². The lowest BCUT2D eigenvalue weighted by Crippen LogP contribution is -2.25. The zero-order chi connectivity index (χ0) is 21.2. The van der Waals surface area contributed by atoms with E-state index in [1.54, 1.807) is 0 Å². The van der Waals surface area contributed by atoms with Crippen LogP contribution >= 0.6 is 0 Å². The first-order valence-corrected chi connectivity index (χ1v) is 10.7. The number of benzene rings is 2. The Balaban J connectivity index is 0.000000171. The van der Waals surface area contributed by atoms with E-state index >= 15 is 0 Å². The molecular weight excluding hydrogens is 371 g/mol. The van der Waals surface area contributed by atoms with Gasteiger partial charge in [0.05, 0.1) is 13.2 Å². The van der Waals surface area contributed by atoms with Crippen LogP contribution in [0.25, 0.3) is 5.57 Å². The number of hydrogen-bond donors (Lipinski definition) is 0. The molecule has 5 heteroatoms. The van der Waals surface area contributed by atoms with Gasteiger partial charge in [0.2, 0.25) is 0 Å². The van der Waals surface area contributed by atoms with E-state index in [1.807, 2.05) is 31.5 Å². The van der Waals surface area contributed by atoms with Crippen molar-refractivity contribution in [2.75, 3.05) is 13.2 Å². The van der Waals surface area contributed by atoms with E-state index in [1.165, 1.54) is 16.7 Å². The van der Waals surface area contributed by atoms with E-state index in [2.05, 4.69) is 78.8 Å². The van der Waals surface area contributed by atoms with Crippen molar-refractivity contribution in [3.63, 3.8) is 0 Å². The number of aromatic nitrogens is 2. The van der Waals surface area contributed by atoms with Crippen molar-refractivity contribution in [3.8, 4) is 0 Å². The molecular formula is C25H31BN2O2. The number of imidazole rings is 1. The van der Waals surface area contributed by atoms with Crippen LogP contribution < -0.4 is 0 Å². The minimum atomic E-state index is -0.0307. The maximum Gasteiger partial charge on any atom is 0.162 e. The van der Waals surface area contributed by atoms with Crippen LogP contribution in [-0.2, 0) is 16.0 Å². The molecule has 0 spiro atoms. The largest absolute Gasteiger partial charge is 0.350 e. The first kappa shape index (κ1) is 22.1. The molecule has 1 fully saturated rings. The number of aryl methyl sites for hydroxylation is 1. The van der Waals surface area contributed by atoms with Gasteiger partial charge in [-0.1, -0.05) is 67.6 Å². The summed E-state index contributed by atoms with van der Waals surface area (Å²) in [4.78, 5) is 4.21. The van der Waals surface area contributed by atoms with E-state index in [9.17, 15) is 0 Å². The first-order valence-electron chi connectivity index (χ1n) is 10.7. The summed E-state index contributed by atoms with van der Waals surface area (Å²) < 4.78 is 13.2. The summed E-state index contributed by atoms with van der Waals surface area (Å²) >= 11 is 0. The second-order valence-electron chi connectivity index (χ2n) is 7.34.